The molecular formula is C22H30O11S3Si. The third-order valence-corrected chi connectivity index (χ3v) is 16.1. The molecule has 4 atom stereocenters. The smallest absolute Gasteiger partial charge is 0.293 e. The zero-order chi connectivity index (χ0) is 28.1. The average molecular weight is 595 g/mol. The molecule has 1 unspecified atom stereocenters. The second-order valence-corrected chi connectivity index (χ2v) is 19.2. The normalized spacial score (nSPS) is 25.8. The lowest BCUT2D eigenvalue weighted by Gasteiger charge is -2.44. The van der Waals surface area contributed by atoms with Crippen LogP contribution in [0.5, 0.6) is 0 Å². The summed E-state index contributed by atoms with van der Waals surface area (Å²) in [4.78, 5) is 0. The first-order chi connectivity index (χ1) is 16.8. The second kappa shape index (κ2) is 9.80. The van der Waals surface area contributed by atoms with E-state index < -0.39 is 71.9 Å². The third kappa shape index (κ3) is 5.29. The van der Waals surface area contributed by atoms with Crippen molar-refractivity contribution in [3.8, 4) is 0 Å². The highest BCUT2D eigenvalue weighted by Crippen LogP contribution is 2.44. The van der Waals surface area contributed by atoms with Crippen LogP contribution in [-0.2, 0) is 39.5 Å². The molecule has 1 aliphatic heterocycles. The molecule has 3 rings (SSSR count). The fourth-order valence-corrected chi connectivity index (χ4v) is 14.0. The largest absolute Gasteiger partial charge is 0.405 e. The van der Waals surface area contributed by atoms with Crippen LogP contribution in [0.1, 0.15) is 27.7 Å². The first kappa shape index (κ1) is 29.9. The molecule has 0 amide bonds. The molecular weight excluding hydrogens is 565 g/mol. The van der Waals surface area contributed by atoms with E-state index in [1.807, 2.05) is 45.0 Å². The van der Waals surface area contributed by atoms with E-state index in [2.05, 4.69) is 0 Å². The molecule has 11 nitrogen and oxygen atoms in total. The van der Waals surface area contributed by atoms with Gasteiger partial charge in [-0.1, -0.05) is 81.4 Å². The zero-order valence-corrected chi connectivity index (χ0v) is 24.0. The predicted octanol–water partition coefficient (Wildman–Crippen LogP) is 1.08. The molecule has 0 radical (unpaired) electrons. The Labute approximate surface area is 218 Å². The Bertz CT molecular complexity index is 1400. The highest BCUT2D eigenvalue weighted by Gasteiger charge is 2.69. The Kier molecular flexibility index (Phi) is 7.91. The summed E-state index contributed by atoms with van der Waals surface area (Å²) < 4.78 is 112. The molecule has 15 heteroatoms. The Morgan fingerprint density at radius 3 is 1.59 bits per heavy atom. The molecule has 0 aromatic heterocycles. The maximum absolute atomic E-state index is 12.5. The van der Waals surface area contributed by atoms with Gasteiger partial charge in [-0.2, -0.15) is 25.3 Å². The maximum Gasteiger partial charge on any atom is 0.293 e. The van der Waals surface area contributed by atoms with Gasteiger partial charge in [-0.25, -0.2) is 0 Å². The van der Waals surface area contributed by atoms with Crippen molar-refractivity contribution < 1.29 is 48.1 Å². The summed E-state index contributed by atoms with van der Waals surface area (Å²) in [6, 6.07) is 18.1. The van der Waals surface area contributed by atoms with Gasteiger partial charge in [-0.05, 0) is 22.3 Å². The van der Waals surface area contributed by atoms with E-state index in [1.54, 1.807) is 36.4 Å². The van der Waals surface area contributed by atoms with Crippen molar-refractivity contribution in [2.45, 2.75) is 54.3 Å². The molecule has 37 heavy (non-hydrogen) atoms. The molecule has 1 aliphatic rings. The van der Waals surface area contributed by atoms with E-state index in [-0.39, 0.29) is 0 Å². The number of hydrogen-bond donors (Lipinski definition) is 3. The van der Waals surface area contributed by atoms with E-state index >= 15 is 0 Å². The van der Waals surface area contributed by atoms with Crippen LogP contribution in [0.3, 0.4) is 0 Å². The summed E-state index contributed by atoms with van der Waals surface area (Å²) in [6.07, 6.45) is -1.91. The van der Waals surface area contributed by atoms with Crippen LogP contribution in [0.2, 0.25) is 5.04 Å². The van der Waals surface area contributed by atoms with Crippen LogP contribution >= 0.6 is 0 Å². The minimum absolute atomic E-state index is 0.603. The summed E-state index contributed by atoms with van der Waals surface area (Å²) >= 11 is 0. The van der Waals surface area contributed by atoms with Gasteiger partial charge >= 0.3 is 0 Å². The lowest BCUT2D eigenvalue weighted by molar-refractivity contribution is 0.0344. The fraction of sp³-hybridized carbons (Fsp3) is 0.455. The van der Waals surface area contributed by atoms with Gasteiger partial charge in [0.05, 0.1) is 6.61 Å². The molecule has 1 heterocycles. The zero-order valence-electron chi connectivity index (χ0n) is 20.5. The maximum atomic E-state index is 12.5. The van der Waals surface area contributed by atoms with Crippen molar-refractivity contribution in [1.29, 1.82) is 0 Å². The highest BCUT2D eigenvalue weighted by molar-refractivity contribution is 7.93. The van der Waals surface area contributed by atoms with Crippen LogP contribution in [0.4, 0.5) is 0 Å². The third-order valence-electron chi connectivity index (χ3n) is 6.79. The molecule has 0 bridgehead atoms. The average Bonchev–Trinajstić information content (AvgIpc) is 3.09. The minimum Gasteiger partial charge on any atom is -0.405 e. The summed E-state index contributed by atoms with van der Waals surface area (Å²) in [5.41, 5.74) is -2.69. The van der Waals surface area contributed by atoms with E-state index in [9.17, 15) is 38.9 Å². The molecule has 0 saturated carbocycles. The standard InChI is InChI=1S/C22H30O11S3Si/c1-21(2,3)37(16-11-7-5-8-12-16,17-13-9-6-10-14-17)32-15-18-22(4,36(29,30)31)19(34(23,24)25)20(33-18)35(26,27)28/h5-14,18-20H,15H2,1-4H3,(H,23,24,25)(H,26,27,28)(H,29,30,31)/t18-,19+,20?,22-/m1/s1. The molecule has 3 N–H and O–H groups in total. The topological polar surface area (TPSA) is 182 Å². The summed E-state index contributed by atoms with van der Waals surface area (Å²) in [6.45, 7) is 5.78. The monoisotopic (exact) mass is 594 g/mol. The van der Waals surface area contributed by atoms with Crippen LogP contribution < -0.4 is 10.4 Å². The second-order valence-electron chi connectivity index (χ2n) is 10.1. The van der Waals surface area contributed by atoms with Crippen molar-refractivity contribution in [3.63, 3.8) is 0 Å². The van der Waals surface area contributed by atoms with Crippen molar-refractivity contribution in [3.05, 3.63) is 60.7 Å². The quantitative estimate of drug-likeness (QED) is 0.294. The fourth-order valence-electron chi connectivity index (χ4n) is 4.96. The number of hydrogen-bond acceptors (Lipinski definition) is 8. The first-order valence-electron chi connectivity index (χ1n) is 11.1. The number of ether oxygens (including phenoxy) is 1. The van der Waals surface area contributed by atoms with Gasteiger partial charge < -0.3 is 9.16 Å². The SMILES string of the molecule is CC(C)(C)[Si](OC[C@H]1OC(S(=O)(=O)O)[C@H](S(=O)(=O)O)[C@]1(C)S(=O)(=O)O)(c1ccccc1)c1ccccc1. The van der Waals surface area contributed by atoms with E-state index in [0.29, 0.717) is 0 Å². The number of benzene rings is 2. The van der Waals surface area contributed by atoms with Crippen LogP contribution in [-0.4, -0.2) is 75.4 Å². The Morgan fingerprint density at radius 1 is 0.838 bits per heavy atom. The summed E-state index contributed by atoms with van der Waals surface area (Å²) in [7, 11) is -19.6. The summed E-state index contributed by atoms with van der Waals surface area (Å²) in [5, 5.41) is -1.80. The van der Waals surface area contributed by atoms with Gasteiger partial charge in [0.15, 0.2) is 5.25 Å². The van der Waals surface area contributed by atoms with Gasteiger partial charge in [0.2, 0.25) is 5.44 Å². The molecule has 0 spiro atoms. The van der Waals surface area contributed by atoms with Gasteiger partial charge in [-0.3, -0.25) is 13.7 Å². The van der Waals surface area contributed by atoms with Crippen molar-refractivity contribution in [2.24, 2.45) is 0 Å². The summed E-state index contributed by atoms with van der Waals surface area (Å²) in [5.74, 6) is 0. The van der Waals surface area contributed by atoms with E-state index in [0.717, 1.165) is 17.3 Å². The van der Waals surface area contributed by atoms with E-state index in [1.165, 1.54) is 0 Å². The number of rotatable bonds is 8. The lowest BCUT2D eigenvalue weighted by Crippen LogP contribution is -2.68. The van der Waals surface area contributed by atoms with Crippen molar-refractivity contribution in [2.75, 3.05) is 6.61 Å². The van der Waals surface area contributed by atoms with Gasteiger partial charge in [0.1, 0.15) is 10.9 Å². The van der Waals surface area contributed by atoms with Crippen molar-refractivity contribution >= 4 is 49.0 Å². The Hall–Kier alpha value is -1.69. The Morgan fingerprint density at radius 2 is 1.27 bits per heavy atom. The minimum atomic E-state index is -5.49. The van der Waals surface area contributed by atoms with E-state index in [4.69, 9.17) is 9.16 Å². The molecule has 206 valence electrons. The molecule has 0 aliphatic carbocycles. The van der Waals surface area contributed by atoms with Gasteiger partial charge in [0.25, 0.3) is 38.7 Å². The van der Waals surface area contributed by atoms with Crippen LogP contribution in [0.15, 0.2) is 60.7 Å². The molecule has 1 saturated heterocycles. The van der Waals surface area contributed by atoms with Crippen LogP contribution in [0, 0.1) is 0 Å². The van der Waals surface area contributed by atoms with Gasteiger partial charge in [0, 0.05) is 0 Å². The lowest BCUT2D eigenvalue weighted by atomic mass is 10.0. The predicted molar refractivity (Wildman–Crippen MR) is 139 cm³/mol. The molecule has 2 aromatic carbocycles. The Balaban J connectivity index is 2.23. The molecule has 1 fully saturated rings. The molecule has 2 aromatic rings. The van der Waals surface area contributed by atoms with Crippen molar-refractivity contribution in [1.82, 2.24) is 0 Å². The highest BCUT2D eigenvalue weighted by atomic mass is 32.2. The van der Waals surface area contributed by atoms with Crippen LogP contribution in [0.25, 0.3) is 0 Å². The first-order valence-corrected chi connectivity index (χ1v) is 17.4. The van der Waals surface area contributed by atoms with Gasteiger partial charge in [-0.15, -0.1) is 0 Å².